The minimum atomic E-state index is -1.85. The Bertz CT molecular complexity index is 1360. The van der Waals surface area contributed by atoms with Gasteiger partial charge >= 0.3 is 5.97 Å². The van der Waals surface area contributed by atoms with Gasteiger partial charge in [-0.1, -0.05) is 37.3 Å². The molecule has 176 valence electrons. The number of hydrogen-bond acceptors (Lipinski definition) is 3. The van der Waals surface area contributed by atoms with E-state index in [-0.39, 0.29) is 18.0 Å². The van der Waals surface area contributed by atoms with Crippen molar-refractivity contribution in [3.63, 3.8) is 0 Å². The van der Waals surface area contributed by atoms with E-state index < -0.39 is 28.6 Å². The second kappa shape index (κ2) is 10.1. The normalized spacial score (nSPS) is 12.1. The van der Waals surface area contributed by atoms with Crippen LogP contribution >= 0.6 is 0 Å². The van der Waals surface area contributed by atoms with E-state index in [9.17, 15) is 22.9 Å². The first-order chi connectivity index (χ1) is 16.4. The number of carbonyl (C=O) groups is 1. The number of carboxylic acids is 1. The van der Waals surface area contributed by atoms with E-state index in [1.165, 1.54) is 6.07 Å². The summed E-state index contributed by atoms with van der Waals surface area (Å²) in [7, 11) is -1.85. The van der Waals surface area contributed by atoms with Crippen LogP contribution in [0.5, 0.6) is 0 Å². The number of anilines is 1. The quantitative estimate of drug-likeness (QED) is 0.360. The monoisotopic (exact) mass is 483 g/mol. The molecule has 0 saturated heterocycles. The number of hydrogen-bond donors (Lipinski definition) is 1. The lowest BCUT2D eigenvalue weighted by Gasteiger charge is -2.24. The summed E-state index contributed by atoms with van der Waals surface area (Å²) in [5.74, 6) is -2.39. The summed E-state index contributed by atoms with van der Waals surface area (Å²) in [5, 5.41) is 9.33. The summed E-state index contributed by atoms with van der Waals surface area (Å²) in [6.45, 7) is 2.03. The van der Waals surface area contributed by atoms with E-state index in [1.54, 1.807) is 27.1 Å². The Kier molecular flexibility index (Phi) is 7.02. The number of halogens is 2. The highest BCUT2D eigenvalue weighted by Crippen LogP contribution is 2.28. The third kappa shape index (κ3) is 4.99. The molecule has 0 fully saturated rings. The van der Waals surface area contributed by atoms with Crippen LogP contribution in [0.2, 0.25) is 0 Å². The van der Waals surface area contributed by atoms with Crippen LogP contribution in [0, 0.1) is 11.6 Å². The first kappa shape index (κ1) is 23.6. The van der Waals surface area contributed by atoms with Crippen molar-refractivity contribution in [2.75, 3.05) is 4.31 Å². The van der Waals surface area contributed by atoms with Crippen molar-refractivity contribution in [1.82, 2.24) is 9.55 Å². The Morgan fingerprint density at radius 3 is 2.50 bits per heavy atom. The SMILES string of the molecule is CCCc1nc2cc(N(Cc3ccccc3)S(=O)c3ccc(F)c(F)c3)ccc2n1CC(=O)O. The third-order valence-electron chi connectivity index (χ3n) is 5.33. The predicted octanol–water partition coefficient (Wildman–Crippen LogP) is 5.08. The number of imidazole rings is 1. The highest BCUT2D eigenvalue weighted by Gasteiger charge is 2.21. The number of nitrogens with zero attached hydrogens (tertiary/aromatic N) is 3. The average Bonchev–Trinajstić information content (AvgIpc) is 3.15. The molecule has 4 aromatic rings. The summed E-state index contributed by atoms with van der Waals surface area (Å²) in [5.41, 5.74) is 2.67. The first-order valence-electron chi connectivity index (χ1n) is 10.8. The van der Waals surface area contributed by atoms with Gasteiger partial charge in [0.25, 0.3) is 0 Å². The number of aryl methyl sites for hydroxylation is 1. The number of benzene rings is 3. The van der Waals surface area contributed by atoms with Gasteiger partial charge in [-0.05, 0) is 48.4 Å². The van der Waals surface area contributed by atoms with E-state index in [1.807, 2.05) is 37.3 Å². The summed E-state index contributed by atoms with van der Waals surface area (Å²) >= 11 is 0. The zero-order chi connectivity index (χ0) is 24.2. The minimum absolute atomic E-state index is 0.123. The van der Waals surface area contributed by atoms with Gasteiger partial charge in [-0.25, -0.2) is 18.0 Å². The van der Waals surface area contributed by atoms with Crippen LogP contribution in [0.15, 0.2) is 71.6 Å². The molecule has 1 N–H and O–H groups in total. The Hall–Kier alpha value is -3.59. The molecule has 0 saturated carbocycles. The van der Waals surface area contributed by atoms with Gasteiger partial charge in [0.15, 0.2) is 22.6 Å². The van der Waals surface area contributed by atoms with Crippen molar-refractivity contribution in [3.05, 3.63) is 89.8 Å². The molecule has 6 nitrogen and oxygen atoms in total. The van der Waals surface area contributed by atoms with Crippen LogP contribution in [0.1, 0.15) is 24.7 Å². The zero-order valence-corrected chi connectivity index (χ0v) is 19.3. The van der Waals surface area contributed by atoms with Crippen molar-refractivity contribution in [2.24, 2.45) is 0 Å². The van der Waals surface area contributed by atoms with E-state index in [4.69, 9.17) is 0 Å². The van der Waals surface area contributed by atoms with Gasteiger partial charge in [-0.2, -0.15) is 0 Å². The molecule has 0 spiro atoms. The highest BCUT2D eigenvalue weighted by atomic mass is 32.2. The topological polar surface area (TPSA) is 75.4 Å². The fraction of sp³-hybridized carbons (Fsp3) is 0.200. The molecule has 1 atom stereocenters. The molecule has 9 heteroatoms. The van der Waals surface area contributed by atoms with Gasteiger partial charge in [0, 0.05) is 6.42 Å². The van der Waals surface area contributed by atoms with E-state index in [2.05, 4.69) is 4.98 Å². The molecule has 0 aliphatic rings. The Balaban J connectivity index is 1.79. The van der Waals surface area contributed by atoms with Crippen molar-refractivity contribution in [3.8, 4) is 0 Å². The first-order valence-corrected chi connectivity index (χ1v) is 11.9. The number of rotatable bonds is 9. The van der Waals surface area contributed by atoms with Gasteiger partial charge < -0.3 is 9.67 Å². The average molecular weight is 484 g/mol. The maximum absolute atomic E-state index is 13.9. The molecule has 1 heterocycles. The van der Waals surface area contributed by atoms with Crippen LogP contribution in [0.25, 0.3) is 11.0 Å². The molecule has 0 aliphatic carbocycles. The van der Waals surface area contributed by atoms with Crippen molar-refractivity contribution < 1.29 is 22.9 Å². The molecule has 1 aromatic heterocycles. The van der Waals surface area contributed by atoms with Gasteiger partial charge in [-0.15, -0.1) is 0 Å². The molecular weight excluding hydrogens is 460 g/mol. The predicted molar refractivity (Wildman–Crippen MR) is 127 cm³/mol. The molecular formula is C25H23F2N3O3S. The number of aromatic nitrogens is 2. The van der Waals surface area contributed by atoms with E-state index in [0.29, 0.717) is 29.0 Å². The van der Waals surface area contributed by atoms with Crippen LogP contribution in [0.3, 0.4) is 0 Å². The fourth-order valence-corrected chi connectivity index (χ4v) is 4.97. The zero-order valence-electron chi connectivity index (χ0n) is 18.4. The summed E-state index contributed by atoms with van der Waals surface area (Å²) < 4.78 is 44.1. The second-order valence-corrected chi connectivity index (χ2v) is 9.19. The molecule has 4 rings (SSSR count). The molecule has 3 aromatic carbocycles. The maximum atomic E-state index is 13.9. The number of fused-ring (bicyclic) bond motifs is 1. The Morgan fingerprint density at radius 1 is 1.06 bits per heavy atom. The van der Waals surface area contributed by atoms with Crippen molar-refractivity contribution >= 4 is 33.7 Å². The third-order valence-corrected chi connectivity index (χ3v) is 6.73. The lowest BCUT2D eigenvalue weighted by molar-refractivity contribution is -0.137. The van der Waals surface area contributed by atoms with Gasteiger partial charge in [0.05, 0.1) is 28.2 Å². The maximum Gasteiger partial charge on any atom is 0.323 e. The molecule has 0 amide bonds. The molecule has 34 heavy (non-hydrogen) atoms. The molecule has 0 bridgehead atoms. The standard InChI is InChI=1S/C25H23F2N3O3S/c1-2-6-24-28-22-13-18(9-12-23(22)29(24)16-25(31)32)30(15-17-7-4-3-5-8-17)34(33)19-10-11-20(26)21(27)14-19/h3-5,7-14H,2,6,15-16H2,1H3,(H,31,32). The lowest BCUT2D eigenvalue weighted by Crippen LogP contribution is -2.25. The number of carboxylic acid groups (broad SMARTS) is 1. The lowest BCUT2D eigenvalue weighted by atomic mass is 10.2. The Labute approximate surface area is 198 Å². The van der Waals surface area contributed by atoms with Gasteiger partial charge in [0.2, 0.25) is 0 Å². The summed E-state index contributed by atoms with van der Waals surface area (Å²) in [6.07, 6.45) is 1.42. The van der Waals surface area contributed by atoms with Crippen molar-refractivity contribution in [1.29, 1.82) is 0 Å². The largest absolute Gasteiger partial charge is 0.480 e. The van der Waals surface area contributed by atoms with E-state index >= 15 is 0 Å². The molecule has 0 aliphatic heterocycles. The highest BCUT2D eigenvalue weighted by molar-refractivity contribution is 7.86. The Morgan fingerprint density at radius 2 is 1.82 bits per heavy atom. The van der Waals surface area contributed by atoms with Crippen LogP contribution < -0.4 is 4.31 Å². The van der Waals surface area contributed by atoms with Crippen LogP contribution in [0.4, 0.5) is 14.5 Å². The van der Waals surface area contributed by atoms with Crippen LogP contribution in [-0.4, -0.2) is 24.8 Å². The molecule has 0 radical (unpaired) electrons. The van der Waals surface area contributed by atoms with Crippen LogP contribution in [-0.2, 0) is 35.3 Å². The minimum Gasteiger partial charge on any atom is -0.480 e. The van der Waals surface area contributed by atoms with Crippen molar-refractivity contribution in [2.45, 2.75) is 37.8 Å². The smallest absolute Gasteiger partial charge is 0.323 e. The molecule has 1 unspecified atom stereocenters. The summed E-state index contributed by atoms with van der Waals surface area (Å²) in [6, 6.07) is 17.8. The van der Waals surface area contributed by atoms with Gasteiger partial charge in [-0.3, -0.25) is 9.10 Å². The number of aliphatic carboxylic acids is 1. The summed E-state index contributed by atoms with van der Waals surface area (Å²) in [4.78, 5) is 16.1. The van der Waals surface area contributed by atoms with E-state index in [0.717, 1.165) is 24.1 Å². The fourth-order valence-electron chi connectivity index (χ4n) is 3.76. The second-order valence-electron chi connectivity index (χ2n) is 7.78. The van der Waals surface area contributed by atoms with Gasteiger partial charge in [0.1, 0.15) is 12.4 Å².